The number of likely N-dealkylation sites (N-methyl/N-ethyl adjacent to an activating group) is 1. The van der Waals surface area contributed by atoms with Gasteiger partial charge in [-0.2, -0.15) is 0 Å². The Morgan fingerprint density at radius 2 is 2.00 bits per heavy atom. The molecule has 0 radical (unpaired) electrons. The number of hydrogen-bond acceptors (Lipinski definition) is 3. The zero-order valence-corrected chi connectivity index (χ0v) is 8.28. The van der Waals surface area contributed by atoms with Crippen molar-refractivity contribution in [2.75, 3.05) is 38.1 Å². The summed E-state index contributed by atoms with van der Waals surface area (Å²) in [7, 11) is 2.09. The monoisotopic (exact) mass is 195 g/mol. The number of rotatable bonds is 1. The van der Waals surface area contributed by atoms with Gasteiger partial charge in [0.15, 0.2) is 0 Å². The van der Waals surface area contributed by atoms with Gasteiger partial charge >= 0.3 is 0 Å². The first-order chi connectivity index (χ1) is 6.75. The Balaban J connectivity index is 2.08. The molecule has 0 N–H and O–H groups in total. The van der Waals surface area contributed by atoms with Crippen LogP contribution in [-0.2, 0) is 0 Å². The molecule has 2 heterocycles. The maximum absolute atomic E-state index is 12.9. The van der Waals surface area contributed by atoms with E-state index in [0.717, 1.165) is 32.0 Å². The third-order valence-corrected chi connectivity index (χ3v) is 2.53. The van der Waals surface area contributed by atoms with Crippen molar-refractivity contribution in [3.63, 3.8) is 0 Å². The fraction of sp³-hybridized carbons (Fsp3) is 0.500. The summed E-state index contributed by atoms with van der Waals surface area (Å²) in [6.07, 6.45) is 1.52. The second kappa shape index (κ2) is 3.92. The van der Waals surface area contributed by atoms with E-state index >= 15 is 0 Å². The molecule has 1 fully saturated rings. The van der Waals surface area contributed by atoms with Crippen molar-refractivity contribution in [3.8, 4) is 0 Å². The van der Waals surface area contributed by atoms with Crippen LogP contribution in [0.15, 0.2) is 18.3 Å². The fourth-order valence-corrected chi connectivity index (χ4v) is 1.60. The van der Waals surface area contributed by atoms with E-state index in [1.54, 1.807) is 0 Å². The lowest BCUT2D eigenvalue weighted by molar-refractivity contribution is 0.312. The summed E-state index contributed by atoms with van der Waals surface area (Å²) < 4.78 is 12.9. The van der Waals surface area contributed by atoms with E-state index in [1.807, 2.05) is 0 Å². The Labute approximate surface area is 83.2 Å². The first kappa shape index (κ1) is 9.40. The van der Waals surface area contributed by atoms with E-state index in [1.165, 1.54) is 18.3 Å². The Hall–Kier alpha value is -1.16. The van der Waals surface area contributed by atoms with E-state index in [2.05, 4.69) is 21.8 Å². The summed E-state index contributed by atoms with van der Waals surface area (Å²) in [5.41, 5.74) is 0. The molecule has 1 aromatic heterocycles. The summed E-state index contributed by atoms with van der Waals surface area (Å²) in [5, 5.41) is 0. The standard InChI is InChI=1S/C10H14FN3/c1-13-4-6-14(7-5-13)10-8-9(11)2-3-12-10/h2-3,8H,4-7H2,1H3. The maximum atomic E-state index is 12.9. The lowest BCUT2D eigenvalue weighted by Gasteiger charge is -2.33. The van der Waals surface area contributed by atoms with Crippen LogP contribution >= 0.6 is 0 Å². The van der Waals surface area contributed by atoms with E-state index in [9.17, 15) is 4.39 Å². The van der Waals surface area contributed by atoms with E-state index in [4.69, 9.17) is 0 Å². The van der Waals surface area contributed by atoms with Gasteiger partial charge in [0.25, 0.3) is 0 Å². The second-order valence-electron chi connectivity index (χ2n) is 3.62. The molecule has 1 saturated heterocycles. The van der Waals surface area contributed by atoms with Gasteiger partial charge in [-0.05, 0) is 13.1 Å². The number of halogens is 1. The number of piperazine rings is 1. The molecular weight excluding hydrogens is 181 g/mol. The lowest BCUT2D eigenvalue weighted by Crippen LogP contribution is -2.44. The first-order valence-corrected chi connectivity index (χ1v) is 4.81. The van der Waals surface area contributed by atoms with Crippen LogP contribution in [0.4, 0.5) is 10.2 Å². The van der Waals surface area contributed by atoms with Gasteiger partial charge in [0.2, 0.25) is 0 Å². The molecule has 0 saturated carbocycles. The molecule has 0 amide bonds. The largest absolute Gasteiger partial charge is 0.354 e. The summed E-state index contributed by atoms with van der Waals surface area (Å²) in [5.74, 6) is 0.534. The van der Waals surface area contributed by atoms with Crippen LogP contribution in [0.3, 0.4) is 0 Å². The minimum Gasteiger partial charge on any atom is -0.354 e. The van der Waals surface area contributed by atoms with Gasteiger partial charge < -0.3 is 9.80 Å². The van der Waals surface area contributed by atoms with Crippen LogP contribution in [0.5, 0.6) is 0 Å². The van der Waals surface area contributed by atoms with Crippen molar-refractivity contribution in [1.29, 1.82) is 0 Å². The highest BCUT2D eigenvalue weighted by atomic mass is 19.1. The van der Waals surface area contributed by atoms with E-state index in [0.29, 0.717) is 0 Å². The van der Waals surface area contributed by atoms with Gasteiger partial charge in [0, 0.05) is 38.4 Å². The minimum atomic E-state index is -0.214. The Kier molecular flexibility index (Phi) is 2.63. The van der Waals surface area contributed by atoms with Crippen molar-refractivity contribution in [3.05, 3.63) is 24.1 Å². The average molecular weight is 195 g/mol. The number of anilines is 1. The molecule has 0 aromatic carbocycles. The van der Waals surface area contributed by atoms with Crippen LogP contribution in [0, 0.1) is 5.82 Å². The highest BCUT2D eigenvalue weighted by Crippen LogP contribution is 2.13. The fourth-order valence-electron chi connectivity index (χ4n) is 1.60. The SMILES string of the molecule is CN1CCN(c2cc(F)ccn2)CC1. The molecule has 76 valence electrons. The molecule has 1 aliphatic heterocycles. The minimum absolute atomic E-state index is 0.214. The number of aromatic nitrogens is 1. The van der Waals surface area contributed by atoms with Gasteiger partial charge in [-0.15, -0.1) is 0 Å². The normalized spacial score (nSPS) is 18.6. The zero-order valence-electron chi connectivity index (χ0n) is 8.28. The number of hydrogen-bond donors (Lipinski definition) is 0. The molecule has 0 unspecified atom stereocenters. The van der Waals surface area contributed by atoms with Crippen LogP contribution in [0.1, 0.15) is 0 Å². The van der Waals surface area contributed by atoms with Gasteiger partial charge in [0.1, 0.15) is 11.6 Å². The third kappa shape index (κ3) is 2.01. The molecule has 0 spiro atoms. The second-order valence-corrected chi connectivity index (χ2v) is 3.62. The van der Waals surface area contributed by atoms with E-state index in [-0.39, 0.29) is 5.82 Å². The molecule has 3 nitrogen and oxygen atoms in total. The van der Waals surface area contributed by atoms with Crippen molar-refractivity contribution in [2.24, 2.45) is 0 Å². The highest BCUT2D eigenvalue weighted by Gasteiger charge is 2.15. The summed E-state index contributed by atoms with van der Waals surface area (Å²) in [6, 6.07) is 2.87. The average Bonchev–Trinajstić information content (AvgIpc) is 2.19. The molecule has 0 atom stereocenters. The van der Waals surface area contributed by atoms with Gasteiger partial charge in [0.05, 0.1) is 0 Å². The third-order valence-electron chi connectivity index (χ3n) is 2.53. The van der Waals surface area contributed by atoms with Crippen LogP contribution < -0.4 is 4.90 Å². The molecule has 0 aliphatic carbocycles. The highest BCUT2D eigenvalue weighted by molar-refractivity contribution is 5.38. The number of pyridine rings is 1. The lowest BCUT2D eigenvalue weighted by atomic mass is 10.3. The molecular formula is C10H14FN3. The topological polar surface area (TPSA) is 19.4 Å². The van der Waals surface area contributed by atoms with E-state index < -0.39 is 0 Å². The van der Waals surface area contributed by atoms with Crippen molar-refractivity contribution >= 4 is 5.82 Å². The first-order valence-electron chi connectivity index (χ1n) is 4.81. The molecule has 1 aromatic rings. The molecule has 14 heavy (non-hydrogen) atoms. The van der Waals surface area contributed by atoms with Crippen LogP contribution in [0.2, 0.25) is 0 Å². The number of nitrogens with zero attached hydrogens (tertiary/aromatic N) is 3. The Morgan fingerprint density at radius 1 is 1.29 bits per heavy atom. The molecule has 1 aliphatic rings. The van der Waals surface area contributed by atoms with Gasteiger partial charge in [-0.25, -0.2) is 9.37 Å². The Bertz CT molecular complexity index is 308. The maximum Gasteiger partial charge on any atom is 0.131 e. The van der Waals surface area contributed by atoms with Crippen molar-refractivity contribution in [2.45, 2.75) is 0 Å². The zero-order chi connectivity index (χ0) is 9.97. The summed E-state index contributed by atoms with van der Waals surface area (Å²) in [4.78, 5) is 8.53. The summed E-state index contributed by atoms with van der Waals surface area (Å²) in [6.45, 7) is 3.87. The van der Waals surface area contributed by atoms with Crippen molar-refractivity contribution < 1.29 is 4.39 Å². The Morgan fingerprint density at radius 3 is 2.64 bits per heavy atom. The molecule has 0 bridgehead atoms. The van der Waals surface area contributed by atoms with Crippen LogP contribution in [0.25, 0.3) is 0 Å². The summed E-state index contributed by atoms with van der Waals surface area (Å²) >= 11 is 0. The smallest absolute Gasteiger partial charge is 0.131 e. The van der Waals surface area contributed by atoms with Gasteiger partial charge in [-0.1, -0.05) is 0 Å². The predicted octanol–water partition coefficient (Wildman–Crippen LogP) is 0.972. The molecule has 4 heteroatoms. The quantitative estimate of drug-likeness (QED) is 0.665. The van der Waals surface area contributed by atoms with Crippen molar-refractivity contribution in [1.82, 2.24) is 9.88 Å². The van der Waals surface area contributed by atoms with Crippen LogP contribution in [-0.4, -0.2) is 43.1 Å². The molecule has 2 rings (SSSR count). The van der Waals surface area contributed by atoms with Gasteiger partial charge in [-0.3, -0.25) is 0 Å². The predicted molar refractivity (Wildman–Crippen MR) is 53.9 cm³/mol.